The van der Waals surface area contributed by atoms with Crippen molar-refractivity contribution in [1.29, 1.82) is 0 Å². The molecule has 2 rings (SSSR count). The molecule has 0 aromatic carbocycles. The van der Waals surface area contributed by atoms with E-state index >= 15 is 0 Å². The van der Waals surface area contributed by atoms with Gasteiger partial charge in [0.15, 0.2) is 0 Å². The van der Waals surface area contributed by atoms with Crippen LogP contribution in [-0.4, -0.2) is 29.5 Å². The first-order chi connectivity index (χ1) is 10.1. The van der Waals surface area contributed by atoms with E-state index in [1.165, 1.54) is 5.56 Å². The zero-order valence-electron chi connectivity index (χ0n) is 13.2. The van der Waals surface area contributed by atoms with Crippen LogP contribution in [0.4, 0.5) is 0 Å². The van der Waals surface area contributed by atoms with E-state index in [0.29, 0.717) is 6.04 Å². The molecule has 4 heteroatoms. The summed E-state index contributed by atoms with van der Waals surface area (Å²) in [5, 5.41) is 3.40. The minimum Gasteiger partial charge on any atom is -0.468 e. The van der Waals surface area contributed by atoms with Crippen LogP contribution in [0.25, 0.3) is 0 Å². The zero-order valence-corrected chi connectivity index (χ0v) is 13.2. The second kappa shape index (κ2) is 7.96. The van der Waals surface area contributed by atoms with E-state index in [-0.39, 0.29) is 0 Å². The number of pyridine rings is 1. The molecule has 4 nitrogen and oxygen atoms in total. The minimum atomic E-state index is 0.463. The van der Waals surface area contributed by atoms with Gasteiger partial charge in [-0.25, -0.2) is 0 Å². The van der Waals surface area contributed by atoms with Crippen molar-refractivity contribution in [3.8, 4) is 0 Å². The summed E-state index contributed by atoms with van der Waals surface area (Å²) in [5.41, 5.74) is 2.39. The topological polar surface area (TPSA) is 41.3 Å². The molecule has 0 bridgehead atoms. The maximum Gasteiger partial charge on any atom is 0.122 e. The average Bonchev–Trinajstić information content (AvgIpc) is 2.91. The second-order valence-corrected chi connectivity index (χ2v) is 5.71. The summed E-state index contributed by atoms with van der Waals surface area (Å²) in [5.74, 6) is 1.04. The predicted molar refractivity (Wildman–Crippen MR) is 85.0 cm³/mol. The summed E-state index contributed by atoms with van der Waals surface area (Å²) >= 11 is 0. The highest BCUT2D eigenvalue weighted by atomic mass is 16.3. The number of hydrogen-bond donors (Lipinski definition) is 1. The third kappa shape index (κ3) is 5.33. The van der Waals surface area contributed by atoms with Gasteiger partial charge in [-0.15, -0.1) is 0 Å². The van der Waals surface area contributed by atoms with E-state index in [4.69, 9.17) is 4.42 Å². The van der Waals surface area contributed by atoms with E-state index in [2.05, 4.69) is 48.2 Å². The monoisotopic (exact) mass is 287 g/mol. The van der Waals surface area contributed by atoms with Crippen molar-refractivity contribution >= 4 is 0 Å². The first-order valence-corrected chi connectivity index (χ1v) is 7.52. The lowest BCUT2D eigenvalue weighted by Crippen LogP contribution is -2.24. The normalized spacial score (nSPS) is 11.5. The molecule has 2 heterocycles. The summed E-state index contributed by atoms with van der Waals surface area (Å²) in [6, 6.07) is 8.59. The smallest absolute Gasteiger partial charge is 0.122 e. The SMILES string of the molecule is CC(C)NCc1occc1CN(C)CCc1ccccn1. The highest BCUT2D eigenvalue weighted by Gasteiger charge is 2.09. The van der Waals surface area contributed by atoms with Crippen LogP contribution in [0.3, 0.4) is 0 Å². The summed E-state index contributed by atoms with van der Waals surface area (Å²) in [6.45, 7) is 6.95. The fourth-order valence-corrected chi connectivity index (χ4v) is 2.18. The third-order valence-corrected chi connectivity index (χ3v) is 3.42. The zero-order chi connectivity index (χ0) is 15.1. The van der Waals surface area contributed by atoms with Crippen LogP contribution in [0, 0.1) is 0 Å². The van der Waals surface area contributed by atoms with E-state index in [1.807, 2.05) is 18.3 Å². The molecular weight excluding hydrogens is 262 g/mol. The Hall–Kier alpha value is -1.65. The Balaban J connectivity index is 1.82. The Labute approximate surface area is 127 Å². The van der Waals surface area contributed by atoms with Gasteiger partial charge >= 0.3 is 0 Å². The molecule has 0 aliphatic carbocycles. The summed E-state index contributed by atoms with van der Waals surface area (Å²) in [7, 11) is 2.13. The van der Waals surface area contributed by atoms with Crippen molar-refractivity contribution in [2.45, 2.75) is 39.4 Å². The molecule has 0 unspecified atom stereocenters. The van der Waals surface area contributed by atoms with Gasteiger partial charge in [-0.3, -0.25) is 4.98 Å². The number of nitrogens with one attached hydrogen (secondary N) is 1. The number of aromatic nitrogens is 1. The molecule has 114 valence electrons. The number of hydrogen-bond acceptors (Lipinski definition) is 4. The van der Waals surface area contributed by atoms with Gasteiger partial charge < -0.3 is 14.6 Å². The lowest BCUT2D eigenvalue weighted by molar-refractivity contribution is 0.325. The van der Waals surface area contributed by atoms with Gasteiger partial charge in [-0.05, 0) is 25.2 Å². The molecule has 0 atom stereocenters. The van der Waals surface area contributed by atoms with Crippen molar-refractivity contribution in [3.63, 3.8) is 0 Å². The van der Waals surface area contributed by atoms with Crippen molar-refractivity contribution in [2.75, 3.05) is 13.6 Å². The van der Waals surface area contributed by atoms with Crippen molar-refractivity contribution in [3.05, 3.63) is 53.7 Å². The first kappa shape index (κ1) is 15.7. The van der Waals surface area contributed by atoms with E-state index in [1.54, 1.807) is 6.26 Å². The van der Waals surface area contributed by atoms with E-state index in [0.717, 1.165) is 37.5 Å². The Morgan fingerprint density at radius 1 is 1.29 bits per heavy atom. The van der Waals surface area contributed by atoms with Crippen LogP contribution in [0.5, 0.6) is 0 Å². The van der Waals surface area contributed by atoms with Crippen molar-refractivity contribution in [1.82, 2.24) is 15.2 Å². The number of nitrogens with zero attached hydrogens (tertiary/aromatic N) is 2. The summed E-state index contributed by atoms with van der Waals surface area (Å²) in [4.78, 5) is 6.66. The van der Waals surface area contributed by atoms with Crippen LogP contribution >= 0.6 is 0 Å². The molecule has 0 fully saturated rings. The molecule has 0 aliphatic rings. The van der Waals surface area contributed by atoms with Gasteiger partial charge in [-0.1, -0.05) is 19.9 Å². The number of likely N-dealkylation sites (N-methyl/N-ethyl adjacent to an activating group) is 1. The standard InChI is InChI=1S/C17H25N3O/c1-14(2)19-12-17-15(8-11-21-17)13-20(3)10-7-16-6-4-5-9-18-16/h4-6,8-9,11,14,19H,7,10,12-13H2,1-3H3. The summed E-state index contributed by atoms with van der Waals surface area (Å²) < 4.78 is 5.58. The maximum absolute atomic E-state index is 5.58. The van der Waals surface area contributed by atoms with Crippen LogP contribution in [0.15, 0.2) is 41.1 Å². The van der Waals surface area contributed by atoms with Gasteiger partial charge in [0, 0.05) is 43.0 Å². The van der Waals surface area contributed by atoms with Crippen LogP contribution in [0.1, 0.15) is 30.9 Å². The molecule has 0 saturated heterocycles. The molecule has 0 aliphatic heterocycles. The molecule has 0 spiro atoms. The molecule has 0 radical (unpaired) electrons. The average molecular weight is 287 g/mol. The third-order valence-electron chi connectivity index (χ3n) is 3.42. The molecule has 1 N–H and O–H groups in total. The quantitative estimate of drug-likeness (QED) is 0.810. The van der Waals surface area contributed by atoms with E-state index < -0.39 is 0 Å². The Morgan fingerprint density at radius 2 is 2.14 bits per heavy atom. The largest absolute Gasteiger partial charge is 0.468 e. The Kier molecular flexibility index (Phi) is 5.96. The Morgan fingerprint density at radius 3 is 2.86 bits per heavy atom. The van der Waals surface area contributed by atoms with Gasteiger partial charge in [0.1, 0.15) is 5.76 Å². The fourth-order valence-electron chi connectivity index (χ4n) is 2.18. The summed E-state index contributed by atoms with van der Waals surface area (Å²) in [6.07, 6.45) is 4.59. The molecule has 0 amide bonds. The fraction of sp³-hybridized carbons (Fsp3) is 0.471. The Bertz CT molecular complexity index is 522. The van der Waals surface area contributed by atoms with Crippen LogP contribution in [-0.2, 0) is 19.5 Å². The number of rotatable bonds is 8. The second-order valence-electron chi connectivity index (χ2n) is 5.71. The first-order valence-electron chi connectivity index (χ1n) is 7.52. The predicted octanol–water partition coefficient (Wildman–Crippen LogP) is 2.85. The maximum atomic E-state index is 5.58. The highest BCUT2D eigenvalue weighted by molar-refractivity contribution is 5.17. The number of furan rings is 1. The molecule has 2 aromatic rings. The molecule has 2 aromatic heterocycles. The lowest BCUT2D eigenvalue weighted by Gasteiger charge is -2.16. The van der Waals surface area contributed by atoms with E-state index in [9.17, 15) is 0 Å². The van der Waals surface area contributed by atoms with Crippen molar-refractivity contribution in [2.24, 2.45) is 0 Å². The van der Waals surface area contributed by atoms with Gasteiger partial charge in [0.2, 0.25) is 0 Å². The lowest BCUT2D eigenvalue weighted by atomic mass is 10.2. The van der Waals surface area contributed by atoms with Gasteiger partial charge in [-0.2, -0.15) is 0 Å². The van der Waals surface area contributed by atoms with Gasteiger partial charge in [0.05, 0.1) is 12.8 Å². The highest BCUT2D eigenvalue weighted by Crippen LogP contribution is 2.13. The molecule has 21 heavy (non-hydrogen) atoms. The van der Waals surface area contributed by atoms with Crippen LogP contribution < -0.4 is 5.32 Å². The van der Waals surface area contributed by atoms with Gasteiger partial charge in [0.25, 0.3) is 0 Å². The van der Waals surface area contributed by atoms with Crippen molar-refractivity contribution < 1.29 is 4.42 Å². The van der Waals surface area contributed by atoms with Crippen LogP contribution in [0.2, 0.25) is 0 Å². The molecule has 0 saturated carbocycles. The molecular formula is C17H25N3O. The minimum absolute atomic E-state index is 0.463.